The fourth-order valence-corrected chi connectivity index (χ4v) is 1.24. The van der Waals surface area contributed by atoms with Crippen LogP contribution in [0.15, 0.2) is 4.99 Å². The zero-order valence-electron chi connectivity index (χ0n) is 6.88. The predicted molar refractivity (Wildman–Crippen MR) is 44.4 cm³/mol. The summed E-state index contributed by atoms with van der Waals surface area (Å²) in [5.41, 5.74) is 0. The second-order valence-electron chi connectivity index (χ2n) is 3.00. The fourth-order valence-electron chi connectivity index (χ4n) is 1.24. The topological polar surface area (TPSA) is 15.6 Å². The smallest absolute Gasteiger partial charge is 0.0852 e. The molecule has 0 aromatic carbocycles. The van der Waals surface area contributed by atoms with Gasteiger partial charge in [0.05, 0.1) is 12.4 Å². The lowest BCUT2D eigenvalue weighted by Gasteiger charge is -2.08. The summed E-state index contributed by atoms with van der Waals surface area (Å²) in [5.74, 6) is 0. The van der Waals surface area contributed by atoms with Gasteiger partial charge in [0.2, 0.25) is 0 Å². The van der Waals surface area contributed by atoms with E-state index in [-0.39, 0.29) is 0 Å². The molecule has 0 bridgehead atoms. The minimum atomic E-state index is 0.588. The molecule has 1 unspecified atom stereocenters. The summed E-state index contributed by atoms with van der Waals surface area (Å²) in [6, 6.07) is 0.588. The molecule has 1 atom stereocenters. The Hall–Kier alpha value is -0.530. The van der Waals surface area contributed by atoms with Crippen LogP contribution in [0.3, 0.4) is 0 Å². The van der Waals surface area contributed by atoms with Crippen molar-refractivity contribution in [2.75, 3.05) is 13.6 Å². The lowest BCUT2D eigenvalue weighted by molar-refractivity contribution is 0.477. The van der Waals surface area contributed by atoms with Crippen LogP contribution in [0.25, 0.3) is 0 Å². The number of rotatable bonds is 3. The maximum Gasteiger partial charge on any atom is 0.0852 e. The number of hydrogen-bond acceptors (Lipinski definition) is 2. The monoisotopic (exact) mass is 140 g/mol. The van der Waals surface area contributed by atoms with Crippen molar-refractivity contribution in [2.45, 2.75) is 32.2 Å². The molecular weight excluding hydrogens is 124 g/mol. The average molecular weight is 140 g/mol. The van der Waals surface area contributed by atoms with Gasteiger partial charge >= 0.3 is 0 Å². The highest BCUT2D eigenvalue weighted by Gasteiger charge is 2.12. The third-order valence-electron chi connectivity index (χ3n) is 1.86. The van der Waals surface area contributed by atoms with Crippen LogP contribution in [0.1, 0.15) is 26.2 Å². The van der Waals surface area contributed by atoms with Crippen LogP contribution in [0.2, 0.25) is 0 Å². The van der Waals surface area contributed by atoms with E-state index in [2.05, 4.69) is 23.9 Å². The molecule has 2 nitrogen and oxygen atoms in total. The normalized spacial score (nSPS) is 24.2. The van der Waals surface area contributed by atoms with Crippen LogP contribution < -0.4 is 0 Å². The lowest BCUT2D eigenvalue weighted by atomic mass is 10.1. The Bertz CT molecular complexity index is 120. The molecule has 0 aromatic rings. The molecule has 0 saturated heterocycles. The largest absolute Gasteiger partial charge is 0.364 e. The molecule has 0 spiro atoms. The molecule has 0 amide bonds. The molecule has 58 valence electrons. The molecule has 10 heavy (non-hydrogen) atoms. The molecule has 1 rings (SSSR count). The first kappa shape index (κ1) is 7.58. The second-order valence-corrected chi connectivity index (χ2v) is 3.00. The summed E-state index contributed by atoms with van der Waals surface area (Å²) in [4.78, 5) is 6.51. The Labute approximate surface area is 62.9 Å². The molecule has 0 aliphatic carbocycles. The van der Waals surface area contributed by atoms with Gasteiger partial charge in [-0.15, -0.1) is 0 Å². The van der Waals surface area contributed by atoms with Gasteiger partial charge in [0.1, 0.15) is 0 Å². The lowest BCUT2D eigenvalue weighted by Crippen LogP contribution is -2.18. The number of nitrogens with zero attached hydrogens (tertiary/aromatic N) is 2. The fraction of sp³-hybridized carbons (Fsp3) is 0.875. The first-order valence-corrected chi connectivity index (χ1v) is 4.06. The summed E-state index contributed by atoms with van der Waals surface area (Å²) < 4.78 is 0. The first-order chi connectivity index (χ1) is 4.83. The van der Waals surface area contributed by atoms with Crippen molar-refractivity contribution in [3.8, 4) is 0 Å². The van der Waals surface area contributed by atoms with Crippen LogP contribution in [0.5, 0.6) is 0 Å². The van der Waals surface area contributed by atoms with Crippen LogP contribution in [-0.4, -0.2) is 30.9 Å². The van der Waals surface area contributed by atoms with Crippen molar-refractivity contribution < 1.29 is 0 Å². The molecule has 0 aromatic heterocycles. The minimum absolute atomic E-state index is 0.588. The zero-order valence-corrected chi connectivity index (χ0v) is 6.88. The van der Waals surface area contributed by atoms with Crippen LogP contribution in [0.4, 0.5) is 0 Å². The van der Waals surface area contributed by atoms with Crippen LogP contribution in [0, 0.1) is 0 Å². The zero-order chi connectivity index (χ0) is 7.40. The Balaban J connectivity index is 2.14. The van der Waals surface area contributed by atoms with Gasteiger partial charge in [0.25, 0.3) is 0 Å². The van der Waals surface area contributed by atoms with Gasteiger partial charge in [-0.05, 0) is 6.42 Å². The van der Waals surface area contributed by atoms with Crippen molar-refractivity contribution in [2.24, 2.45) is 4.99 Å². The summed E-state index contributed by atoms with van der Waals surface area (Å²) in [7, 11) is 2.08. The van der Waals surface area contributed by atoms with E-state index in [1.54, 1.807) is 0 Å². The molecule has 1 aliphatic heterocycles. The molecule has 0 radical (unpaired) electrons. The maximum atomic E-state index is 4.36. The standard InChI is InChI=1S/C8H16N2/c1-3-4-5-8-6-10(2)7-9-8/h7-8H,3-6H2,1-2H3. The number of hydrogen-bond donors (Lipinski definition) is 0. The van der Waals surface area contributed by atoms with Crippen molar-refractivity contribution in [1.82, 2.24) is 4.90 Å². The molecule has 1 aliphatic rings. The van der Waals surface area contributed by atoms with Gasteiger partial charge in [0.15, 0.2) is 0 Å². The molecular formula is C8H16N2. The minimum Gasteiger partial charge on any atom is -0.364 e. The summed E-state index contributed by atoms with van der Waals surface area (Å²) in [6.07, 6.45) is 5.81. The van der Waals surface area contributed by atoms with Crippen molar-refractivity contribution in [3.63, 3.8) is 0 Å². The van der Waals surface area contributed by atoms with Gasteiger partial charge < -0.3 is 4.90 Å². The quantitative estimate of drug-likeness (QED) is 0.580. The van der Waals surface area contributed by atoms with E-state index in [0.717, 1.165) is 6.54 Å². The molecule has 0 saturated carbocycles. The van der Waals surface area contributed by atoms with Gasteiger partial charge in [-0.25, -0.2) is 0 Å². The average Bonchev–Trinajstić information content (AvgIpc) is 2.31. The Kier molecular flexibility index (Phi) is 2.72. The number of unbranched alkanes of at least 4 members (excludes halogenated alkanes) is 1. The van der Waals surface area contributed by atoms with Gasteiger partial charge in [0, 0.05) is 13.6 Å². The highest BCUT2D eigenvalue weighted by molar-refractivity contribution is 5.57. The summed E-state index contributed by atoms with van der Waals surface area (Å²) >= 11 is 0. The van der Waals surface area contributed by atoms with Crippen molar-refractivity contribution >= 4 is 6.34 Å². The Morgan fingerprint density at radius 1 is 1.70 bits per heavy atom. The highest BCUT2D eigenvalue weighted by Crippen LogP contribution is 2.09. The number of aliphatic imine (C=N–C) groups is 1. The van der Waals surface area contributed by atoms with E-state index >= 15 is 0 Å². The third kappa shape index (κ3) is 2.01. The Morgan fingerprint density at radius 3 is 3.00 bits per heavy atom. The van der Waals surface area contributed by atoms with Gasteiger partial charge in [-0.1, -0.05) is 19.8 Å². The van der Waals surface area contributed by atoms with Crippen molar-refractivity contribution in [1.29, 1.82) is 0 Å². The highest BCUT2D eigenvalue weighted by atomic mass is 15.2. The van der Waals surface area contributed by atoms with Crippen LogP contribution in [-0.2, 0) is 0 Å². The van der Waals surface area contributed by atoms with E-state index in [1.807, 2.05) is 6.34 Å². The van der Waals surface area contributed by atoms with E-state index in [4.69, 9.17) is 0 Å². The summed E-state index contributed by atoms with van der Waals surface area (Å²) in [5, 5.41) is 0. The SMILES string of the molecule is CCCCC1CN(C)C=N1. The van der Waals surface area contributed by atoms with Gasteiger partial charge in [-0.3, -0.25) is 4.99 Å². The van der Waals surface area contributed by atoms with Crippen LogP contribution >= 0.6 is 0 Å². The molecule has 0 N–H and O–H groups in total. The van der Waals surface area contributed by atoms with E-state index in [1.165, 1.54) is 19.3 Å². The van der Waals surface area contributed by atoms with E-state index < -0.39 is 0 Å². The molecule has 2 heteroatoms. The Morgan fingerprint density at radius 2 is 2.50 bits per heavy atom. The van der Waals surface area contributed by atoms with Gasteiger partial charge in [-0.2, -0.15) is 0 Å². The predicted octanol–water partition coefficient (Wildman–Crippen LogP) is 1.52. The molecule has 1 heterocycles. The summed E-state index contributed by atoms with van der Waals surface area (Å²) in [6.45, 7) is 3.35. The molecule has 0 fully saturated rings. The first-order valence-electron chi connectivity index (χ1n) is 4.06. The van der Waals surface area contributed by atoms with E-state index in [9.17, 15) is 0 Å². The number of likely N-dealkylation sites (N-methyl/N-ethyl adjacent to an activating group) is 1. The third-order valence-corrected chi connectivity index (χ3v) is 1.86. The van der Waals surface area contributed by atoms with Crippen molar-refractivity contribution in [3.05, 3.63) is 0 Å². The van der Waals surface area contributed by atoms with E-state index in [0.29, 0.717) is 6.04 Å². The maximum absolute atomic E-state index is 4.36. The second kappa shape index (κ2) is 3.59.